The molecule has 0 unspecified atom stereocenters. The van der Waals surface area contributed by atoms with E-state index in [4.69, 9.17) is 16.3 Å². The van der Waals surface area contributed by atoms with E-state index in [1.54, 1.807) is 6.07 Å². The zero-order chi connectivity index (χ0) is 22.3. The minimum absolute atomic E-state index is 0.0890. The number of benzene rings is 3. The van der Waals surface area contributed by atoms with E-state index in [-0.39, 0.29) is 12.5 Å². The van der Waals surface area contributed by atoms with Gasteiger partial charge in [0.1, 0.15) is 5.75 Å². The Bertz CT molecular complexity index is 1030. The van der Waals surface area contributed by atoms with E-state index in [0.717, 1.165) is 44.0 Å². The molecule has 3 aromatic rings. The molecule has 3 aromatic carbocycles. The largest absolute Gasteiger partial charge is 0.482 e. The molecule has 0 aromatic heterocycles. The van der Waals surface area contributed by atoms with Gasteiger partial charge in [-0.05, 0) is 54.4 Å². The van der Waals surface area contributed by atoms with Gasteiger partial charge < -0.3 is 15.0 Å². The second kappa shape index (κ2) is 10.5. The molecule has 0 radical (unpaired) electrons. The second-order valence-corrected chi connectivity index (χ2v) is 8.47. The van der Waals surface area contributed by atoms with Crippen LogP contribution < -0.4 is 15.0 Å². The third-order valence-electron chi connectivity index (χ3n) is 5.58. The van der Waals surface area contributed by atoms with Crippen LogP contribution in [0.1, 0.15) is 11.1 Å². The van der Waals surface area contributed by atoms with Crippen LogP contribution in [0.5, 0.6) is 5.75 Å². The maximum absolute atomic E-state index is 12.3. The van der Waals surface area contributed by atoms with Gasteiger partial charge in [-0.3, -0.25) is 9.69 Å². The summed E-state index contributed by atoms with van der Waals surface area (Å²) in [6.07, 6.45) is 0. The fourth-order valence-corrected chi connectivity index (χ4v) is 4.00. The molecule has 0 saturated carbocycles. The van der Waals surface area contributed by atoms with Crippen molar-refractivity contribution in [2.75, 3.05) is 43.0 Å². The van der Waals surface area contributed by atoms with Crippen molar-refractivity contribution in [3.63, 3.8) is 0 Å². The SMILES string of the molecule is Cc1ccc(Cl)c(OCC(=O)Nc2ccc(N3CCN(Cc4ccccc4)CC3)cc2)c1. The van der Waals surface area contributed by atoms with Gasteiger partial charge in [-0.25, -0.2) is 0 Å². The lowest BCUT2D eigenvalue weighted by atomic mass is 10.2. The number of aryl methyl sites for hydroxylation is 1. The molecule has 1 fully saturated rings. The van der Waals surface area contributed by atoms with Gasteiger partial charge in [-0.1, -0.05) is 48.0 Å². The average molecular weight is 450 g/mol. The van der Waals surface area contributed by atoms with E-state index in [1.807, 2.05) is 31.2 Å². The number of amides is 1. The maximum atomic E-state index is 12.3. The third-order valence-corrected chi connectivity index (χ3v) is 5.90. The molecule has 1 saturated heterocycles. The Morgan fingerprint density at radius 3 is 2.41 bits per heavy atom. The molecule has 0 spiro atoms. The Kier molecular flexibility index (Phi) is 7.30. The summed E-state index contributed by atoms with van der Waals surface area (Å²) >= 11 is 6.12. The van der Waals surface area contributed by atoms with Crippen LogP contribution in [0.25, 0.3) is 0 Å². The number of carbonyl (C=O) groups is 1. The average Bonchev–Trinajstić information content (AvgIpc) is 2.81. The molecule has 5 nitrogen and oxygen atoms in total. The number of carbonyl (C=O) groups excluding carboxylic acids is 1. The Morgan fingerprint density at radius 1 is 0.969 bits per heavy atom. The second-order valence-electron chi connectivity index (χ2n) is 8.07. The zero-order valence-corrected chi connectivity index (χ0v) is 19.0. The van der Waals surface area contributed by atoms with Crippen molar-refractivity contribution in [1.82, 2.24) is 4.90 Å². The normalized spacial score (nSPS) is 14.2. The highest BCUT2D eigenvalue weighted by atomic mass is 35.5. The monoisotopic (exact) mass is 449 g/mol. The molecular formula is C26H28ClN3O2. The molecule has 1 aliphatic rings. The molecule has 0 aliphatic carbocycles. The summed E-state index contributed by atoms with van der Waals surface area (Å²) in [7, 11) is 0. The van der Waals surface area contributed by atoms with Crippen LogP contribution in [0.2, 0.25) is 5.02 Å². The number of hydrogen-bond donors (Lipinski definition) is 1. The minimum atomic E-state index is -0.218. The van der Waals surface area contributed by atoms with Gasteiger partial charge in [-0.15, -0.1) is 0 Å². The quantitative estimate of drug-likeness (QED) is 0.552. The standard InChI is InChI=1S/C26H28ClN3O2/c1-20-7-12-24(27)25(17-20)32-19-26(31)28-22-8-10-23(11-9-22)30-15-13-29(14-16-30)18-21-5-3-2-4-6-21/h2-12,17H,13-16,18-19H2,1H3,(H,28,31). The summed E-state index contributed by atoms with van der Waals surface area (Å²) in [6.45, 7) is 6.91. The first-order valence-corrected chi connectivity index (χ1v) is 11.2. The Morgan fingerprint density at radius 2 is 1.69 bits per heavy atom. The topological polar surface area (TPSA) is 44.8 Å². The van der Waals surface area contributed by atoms with Crippen molar-refractivity contribution in [3.8, 4) is 5.75 Å². The van der Waals surface area contributed by atoms with Crippen molar-refractivity contribution in [1.29, 1.82) is 0 Å². The van der Waals surface area contributed by atoms with E-state index in [2.05, 4.69) is 57.6 Å². The highest BCUT2D eigenvalue weighted by Crippen LogP contribution is 2.25. The van der Waals surface area contributed by atoms with Crippen molar-refractivity contribution in [2.24, 2.45) is 0 Å². The number of ether oxygens (including phenoxy) is 1. The van der Waals surface area contributed by atoms with Crippen LogP contribution in [0.15, 0.2) is 72.8 Å². The summed E-state index contributed by atoms with van der Waals surface area (Å²) in [5.74, 6) is 0.299. The number of halogens is 1. The van der Waals surface area contributed by atoms with Gasteiger partial charge in [0.15, 0.2) is 6.61 Å². The summed E-state index contributed by atoms with van der Waals surface area (Å²) in [4.78, 5) is 17.1. The van der Waals surface area contributed by atoms with Crippen LogP contribution in [-0.4, -0.2) is 43.6 Å². The Labute approximate surface area is 194 Å². The van der Waals surface area contributed by atoms with Crippen LogP contribution in [0.3, 0.4) is 0 Å². The lowest BCUT2D eigenvalue weighted by Gasteiger charge is -2.36. The van der Waals surface area contributed by atoms with E-state index >= 15 is 0 Å². The highest BCUT2D eigenvalue weighted by molar-refractivity contribution is 6.32. The summed E-state index contributed by atoms with van der Waals surface area (Å²) in [5.41, 5.74) is 4.31. The van der Waals surface area contributed by atoms with E-state index < -0.39 is 0 Å². The Hall–Kier alpha value is -3.02. The summed E-state index contributed by atoms with van der Waals surface area (Å²) in [5, 5.41) is 3.37. The van der Waals surface area contributed by atoms with Gasteiger partial charge >= 0.3 is 0 Å². The fourth-order valence-electron chi connectivity index (χ4n) is 3.82. The molecule has 4 rings (SSSR count). The molecule has 0 bridgehead atoms. The van der Waals surface area contributed by atoms with Crippen LogP contribution >= 0.6 is 11.6 Å². The number of piperazine rings is 1. The first-order valence-electron chi connectivity index (χ1n) is 10.9. The summed E-state index contributed by atoms with van der Waals surface area (Å²) in [6, 6.07) is 24.1. The smallest absolute Gasteiger partial charge is 0.262 e. The number of nitrogens with zero attached hydrogens (tertiary/aromatic N) is 2. The van der Waals surface area contributed by atoms with Crippen molar-refractivity contribution < 1.29 is 9.53 Å². The first-order chi connectivity index (χ1) is 15.6. The molecule has 1 aliphatic heterocycles. The predicted molar refractivity (Wildman–Crippen MR) is 131 cm³/mol. The minimum Gasteiger partial charge on any atom is -0.482 e. The molecule has 1 N–H and O–H groups in total. The maximum Gasteiger partial charge on any atom is 0.262 e. The summed E-state index contributed by atoms with van der Waals surface area (Å²) < 4.78 is 5.57. The van der Waals surface area contributed by atoms with Crippen LogP contribution in [-0.2, 0) is 11.3 Å². The molecule has 32 heavy (non-hydrogen) atoms. The van der Waals surface area contributed by atoms with Gasteiger partial charge in [0.05, 0.1) is 5.02 Å². The molecule has 6 heteroatoms. The third kappa shape index (κ3) is 6.02. The van der Waals surface area contributed by atoms with Crippen LogP contribution in [0, 0.1) is 6.92 Å². The molecule has 1 heterocycles. The molecule has 166 valence electrons. The number of hydrogen-bond acceptors (Lipinski definition) is 4. The van der Waals surface area contributed by atoms with E-state index in [9.17, 15) is 4.79 Å². The van der Waals surface area contributed by atoms with Crippen LogP contribution in [0.4, 0.5) is 11.4 Å². The van der Waals surface area contributed by atoms with Gasteiger partial charge in [0.2, 0.25) is 0 Å². The number of anilines is 2. The van der Waals surface area contributed by atoms with Crippen molar-refractivity contribution in [3.05, 3.63) is 88.9 Å². The van der Waals surface area contributed by atoms with Gasteiger partial charge in [-0.2, -0.15) is 0 Å². The Balaban J connectivity index is 1.24. The molecular weight excluding hydrogens is 422 g/mol. The van der Waals surface area contributed by atoms with Gasteiger partial charge in [0, 0.05) is 44.1 Å². The van der Waals surface area contributed by atoms with E-state index in [1.165, 1.54) is 11.3 Å². The molecule has 0 atom stereocenters. The lowest BCUT2D eigenvalue weighted by Crippen LogP contribution is -2.45. The number of nitrogens with one attached hydrogen (secondary N) is 1. The van der Waals surface area contributed by atoms with Gasteiger partial charge in [0.25, 0.3) is 5.91 Å². The zero-order valence-electron chi connectivity index (χ0n) is 18.3. The van der Waals surface area contributed by atoms with E-state index in [0.29, 0.717) is 10.8 Å². The number of rotatable bonds is 7. The fraction of sp³-hybridized carbons (Fsp3) is 0.269. The predicted octanol–water partition coefficient (Wildman–Crippen LogP) is 4.99. The van der Waals surface area contributed by atoms with Crippen molar-refractivity contribution in [2.45, 2.75) is 13.5 Å². The molecule has 1 amide bonds. The van der Waals surface area contributed by atoms with Crippen molar-refractivity contribution >= 4 is 28.9 Å². The first kappa shape index (κ1) is 22.2. The lowest BCUT2D eigenvalue weighted by molar-refractivity contribution is -0.118. The highest BCUT2D eigenvalue weighted by Gasteiger charge is 2.17.